The number of aromatic amines is 1. The van der Waals surface area contributed by atoms with Crippen LogP contribution in [0.5, 0.6) is 0 Å². The standard InChI is InChI=1S/C19H19N5O3S/c20-10-19(6-7-19)24-28(25,26)12-4-5-13-14(9-12)23-18-16(13)17(21-11-22-18)15-3-1-2-8-27-15/h4-5,9,11,15,24H,1-3,6-8H2,(H,21,22,23). The normalized spacial score (nSPS) is 21.6. The summed E-state index contributed by atoms with van der Waals surface area (Å²) < 4.78 is 33.8. The first-order chi connectivity index (χ1) is 13.5. The van der Waals surface area contributed by atoms with Gasteiger partial charge >= 0.3 is 0 Å². The predicted octanol–water partition coefficient (Wildman–Crippen LogP) is 2.69. The molecule has 1 saturated heterocycles. The van der Waals surface area contributed by atoms with E-state index in [4.69, 9.17) is 4.74 Å². The minimum Gasteiger partial charge on any atom is -0.372 e. The maximum Gasteiger partial charge on any atom is 0.242 e. The molecule has 3 aromatic rings. The first kappa shape index (κ1) is 17.6. The van der Waals surface area contributed by atoms with Crippen LogP contribution in [0.4, 0.5) is 0 Å². The van der Waals surface area contributed by atoms with E-state index >= 15 is 0 Å². The number of rotatable bonds is 4. The molecule has 2 aliphatic rings. The fourth-order valence-corrected chi connectivity index (χ4v) is 5.18. The van der Waals surface area contributed by atoms with Gasteiger partial charge in [-0.15, -0.1) is 0 Å². The highest BCUT2D eigenvalue weighted by molar-refractivity contribution is 7.89. The van der Waals surface area contributed by atoms with Crippen molar-refractivity contribution < 1.29 is 13.2 Å². The zero-order valence-corrected chi connectivity index (χ0v) is 15.9. The maximum absolute atomic E-state index is 12.7. The molecular formula is C19H19N5O3S. The van der Waals surface area contributed by atoms with Crippen molar-refractivity contribution in [1.29, 1.82) is 5.26 Å². The Morgan fingerprint density at radius 3 is 2.86 bits per heavy atom. The number of H-pyrrole nitrogens is 1. The van der Waals surface area contributed by atoms with Gasteiger partial charge in [-0.1, -0.05) is 6.07 Å². The van der Waals surface area contributed by atoms with E-state index < -0.39 is 15.6 Å². The third-order valence-corrected chi connectivity index (χ3v) is 7.01. The quantitative estimate of drug-likeness (QED) is 0.698. The van der Waals surface area contributed by atoms with Crippen LogP contribution in [0.2, 0.25) is 0 Å². The molecule has 1 aliphatic heterocycles. The van der Waals surface area contributed by atoms with Crippen LogP contribution in [0.15, 0.2) is 29.4 Å². The summed E-state index contributed by atoms with van der Waals surface area (Å²) in [5.41, 5.74) is 1.21. The molecule has 2 aromatic heterocycles. The lowest BCUT2D eigenvalue weighted by Crippen LogP contribution is -2.35. The van der Waals surface area contributed by atoms with Gasteiger partial charge in [-0.3, -0.25) is 0 Å². The topological polar surface area (TPSA) is 121 Å². The molecule has 0 bridgehead atoms. The number of aromatic nitrogens is 3. The molecule has 0 spiro atoms. The molecular weight excluding hydrogens is 378 g/mol. The summed E-state index contributed by atoms with van der Waals surface area (Å²) in [6, 6.07) is 6.96. The molecule has 144 valence electrons. The number of hydrogen-bond donors (Lipinski definition) is 2. The van der Waals surface area contributed by atoms with Gasteiger partial charge in [0.05, 0.1) is 22.0 Å². The van der Waals surface area contributed by atoms with Crippen LogP contribution in [-0.4, -0.2) is 35.5 Å². The summed E-state index contributed by atoms with van der Waals surface area (Å²) in [5, 5.41) is 10.9. The van der Waals surface area contributed by atoms with Crippen LogP contribution >= 0.6 is 0 Å². The Labute approximate surface area is 162 Å². The zero-order valence-electron chi connectivity index (χ0n) is 15.1. The van der Waals surface area contributed by atoms with Gasteiger partial charge in [0.25, 0.3) is 0 Å². The van der Waals surface area contributed by atoms with Crippen molar-refractivity contribution in [1.82, 2.24) is 19.7 Å². The summed E-state index contributed by atoms with van der Waals surface area (Å²) in [5.74, 6) is 0. The van der Waals surface area contributed by atoms with Crippen molar-refractivity contribution in [2.75, 3.05) is 6.61 Å². The second-order valence-corrected chi connectivity index (χ2v) is 9.15. The summed E-state index contributed by atoms with van der Waals surface area (Å²) in [7, 11) is -3.78. The molecule has 28 heavy (non-hydrogen) atoms. The monoisotopic (exact) mass is 397 g/mol. The van der Waals surface area contributed by atoms with E-state index in [1.807, 2.05) is 0 Å². The SMILES string of the molecule is N#CC1(NS(=O)(=O)c2ccc3c(c2)[nH]c2ncnc(C4CCCCO4)c23)CC1. The molecule has 1 saturated carbocycles. The lowest BCUT2D eigenvalue weighted by Gasteiger charge is -2.22. The number of nitrogens with one attached hydrogen (secondary N) is 2. The minimum atomic E-state index is -3.78. The number of nitrogens with zero attached hydrogens (tertiary/aromatic N) is 3. The first-order valence-corrected chi connectivity index (χ1v) is 10.8. The smallest absolute Gasteiger partial charge is 0.242 e. The molecule has 1 atom stereocenters. The molecule has 2 fully saturated rings. The van der Waals surface area contributed by atoms with Crippen LogP contribution in [-0.2, 0) is 14.8 Å². The van der Waals surface area contributed by atoms with Gasteiger partial charge in [-0.05, 0) is 44.2 Å². The Balaban J connectivity index is 1.60. The molecule has 1 aromatic carbocycles. The zero-order chi connectivity index (χ0) is 19.4. The third kappa shape index (κ3) is 2.85. The van der Waals surface area contributed by atoms with Gasteiger partial charge in [0, 0.05) is 17.5 Å². The molecule has 9 heteroatoms. The van der Waals surface area contributed by atoms with Crippen molar-refractivity contribution in [3.8, 4) is 6.07 Å². The van der Waals surface area contributed by atoms with E-state index in [2.05, 4.69) is 25.7 Å². The average Bonchev–Trinajstić information content (AvgIpc) is 3.37. The molecule has 0 amide bonds. The number of hydrogen-bond acceptors (Lipinski definition) is 6. The van der Waals surface area contributed by atoms with Gasteiger partial charge < -0.3 is 9.72 Å². The highest BCUT2D eigenvalue weighted by Gasteiger charge is 2.46. The minimum absolute atomic E-state index is 0.0753. The highest BCUT2D eigenvalue weighted by Crippen LogP contribution is 2.37. The lowest BCUT2D eigenvalue weighted by molar-refractivity contribution is 0.0133. The fraction of sp³-hybridized carbons (Fsp3) is 0.421. The van der Waals surface area contributed by atoms with E-state index in [1.54, 1.807) is 18.2 Å². The molecule has 0 radical (unpaired) electrons. The van der Waals surface area contributed by atoms with E-state index in [9.17, 15) is 13.7 Å². The predicted molar refractivity (Wildman–Crippen MR) is 102 cm³/mol. The number of nitriles is 1. The molecule has 3 heterocycles. The van der Waals surface area contributed by atoms with Gasteiger partial charge in [0.15, 0.2) is 0 Å². The summed E-state index contributed by atoms with van der Waals surface area (Å²) in [4.78, 5) is 12.1. The van der Waals surface area contributed by atoms with Gasteiger partial charge in [0.2, 0.25) is 10.0 Å². The Bertz CT molecular complexity index is 1220. The second kappa shape index (κ2) is 6.24. The molecule has 8 nitrogen and oxygen atoms in total. The average molecular weight is 397 g/mol. The van der Waals surface area contributed by atoms with Gasteiger partial charge in [0.1, 0.15) is 23.6 Å². The summed E-state index contributed by atoms with van der Waals surface area (Å²) >= 11 is 0. The maximum atomic E-state index is 12.7. The largest absolute Gasteiger partial charge is 0.372 e. The fourth-order valence-electron chi connectivity index (χ4n) is 3.78. The Hall–Kier alpha value is -2.54. The molecule has 1 aliphatic carbocycles. The van der Waals surface area contributed by atoms with Crippen LogP contribution in [0.1, 0.15) is 43.9 Å². The Kier molecular flexibility index (Phi) is 3.91. The Morgan fingerprint density at radius 1 is 1.29 bits per heavy atom. The first-order valence-electron chi connectivity index (χ1n) is 9.35. The van der Waals surface area contributed by atoms with Crippen molar-refractivity contribution in [3.63, 3.8) is 0 Å². The van der Waals surface area contributed by atoms with Crippen LogP contribution in [0, 0.1) is 11.3 Å². The van der Waals surface area contributed by atoms with Gasteiger partial charge in [-0.25, -0.2) is 18.4 Å². The number of sulfonamides is 1. The molecule has 2 N–H and O–H groups in total. The van der Waals surface area contributed by atoms with E-state index in [-0.39, 0.29) is 11.0 Å². The summed E-state index contributed by atoms with van der Waals surface area (Å²) in [6.07, 6.45) is 5.56. The van der Waals surface area contributed by atoms with Crippen molar-refractivity contribution in [2.45, 2.75) is 48.6 Å². The number of benzene rings is 1. The van der Waals surface area contributed by atoms with E-state index in [0.717, 1.165) is 35.7 Å². The molecule has 1 unspecified atom stereocenters. The Morgan fingerprint density at radius 2 is 2.14 bits per heavy atom. The van der Waals surface area contributed by atoms with Crippen molar-refractivity contribution >= 4 is 32.0 Å². The van der Waals surface area contributed by atoms with Gasteiger partial charge in [-0.2, -0.15) is 9.98 Å². The van der Waals surface area contributed by atoms with Crippen molar-refractivity contribution in [3.05, 3.63) is 30.2 Å². The van der Waals surface area contributed by atoms with Crippen LogP contribution in [0.3, 0.4) is 0 Å². The van der Waals surface area contributed by atoms with Crippen LogP contribution < -0.4 is 4.72 Å². The summed E-state index contributed by atoms with van der Waals surface area (Å²) in [6.45, 7) is 0.715. The highest BCUT2D eigenvalue weighted by atomic mass is 32.2. The number of fused-ring (bicyclic) bond motifs is 3. The number of ether oxygens (including phenoxy) is 1. The van der Waals surface area contributed by atoms with E-state index in [1.165, 1.54) is 6.33 Å². The van der Waals surface area contributed by atoms with E-state index in [0.29, 0.717) is 30.6 Å². The molecule has 5 rings (SSSR count). The van der Waals surface area contributed by atoms with Crippen LogP contribution in [0.25, 0.3) is 21.9 Å². The third-order valence-electron chi connectivity index (χ3n) is 5.48. The van der Waals surface area contributed by atoms with Crippen molar-refractivity contribution in [2.24, 2.45) is 0 Å². The second-order valence-electron chi connectivity index (χ2n) is 7.47. The lowest BCUT2D eigenvalue weighted by atomic mass is 10.0.